The first kappa shape index (κ1) is 29.5. The summed E-state index contributed by atoms with van der Waals surface area (Å²) in [5, 5.41) is 16.7. The Morgan fingerprint density at radius 1 is 1.07 bits per heavy atom. The molecule has 3 N–H and O–H groups in total. The molecule has 41 heavy (non-hydrogen) atoms. The number of carbonyl (C=O) groups excluding carboxylic acids is 3. The van der Waals surface area contributed by atoms with Crippen LogP contribution in [0.4, 0.5) is 5.69 Å². The van der Waals surface area contributed by atoms with E-state index in [-0.39, 0.29) is 24.3 Å². The number of hydrogen-bond acceptors (Lipinski definition) is 6. The highest BCUT2D eigenvalue weighted by molar-refractivity contribution is 8.02. The molecule has 5 rings (SSSR count). The van der Waals surface area contributed by atoms with Gasteiger partial charge in [0.15, 0.2) is 0 Å². The molecule has 0 aromatic heterocycles. The number of nitrogens with one attached hydrogen (secondary N) is 2. The summed E-state index contributed by atoms with van der Waals surface area (Å²) in [4.78, 5) is 44.0. The maximum atomic E-state index is 14.5. The molecular weight excluding hydrogens is 538 g/mol. The molecule has 3 amide bonds. The third-order valence-electron chi connectivity index (χ3n) is 8.95. The number of aliphatic hydroxyl groups is 1. The Bertz CT molecular complexity index is 1260. The molecule has 2 aromatic rings. The Balaban J connectivity index is 1.49. The number of nitrogens with zero attached hydrogens (tertiary/aromatic N) is 1. The zero-order chi connectivity index (χ0) is 29.2. The first-order valence-electron chi connectivity index (χ1n) is 14.8. The summed E-state index contributed by atoms with van der Waals surface area (Å²) in [6.45, 7) is 6.85. The number of ether oxygens (including phenoxy) is 1. The van der Waals surface area contributed by atoms with Gasteiger partial charge in [-0.05, 0) is 62.9 Å². The van der Waals surface area contributed by atoms with Crippen molar-refractivity contribution in [2.24, 2.45) is 11.8 Å². The van der Waals surface area contributed by atoms with Gasteiger partial charge < -0.3 is 25.4 Å². The third kappa shape index (κ3) is 5.23. The van der Waals surface area contributed by atoms with E-state index >= 15 is 0 Å². The molecule has 3 aliphatic heterocycles. The number of carbonyl (C=O) groups is 3. The lowest BCUT2D eigenvalue weighted by Gasteiger charge is -2.37. The number of fused-ring (bicyclic) bond motifs is 1. The van der Waals surface area contributed by atoms with E-state index in [0.717, 1.165) is 37.0 Å². The molecule has 2 unspecified atom stereocenters. The average Bonchev–Trinajstić information content (AvgIpc) is 3.54. The molecular formula is C32H41N3O5S. The predicted molar refractivity (Wildman–Crippen MR) is 161 cm³/mol. The molecule has 2 bridgehead atoms. The fourth-order valence-electron chi connectivity index (χ4n) is 7.13. The quantitative estimate of drug-likeness (QED) is 0.319. The normalized spacial score (nSPS) is 28.8. The van der Waals surface area contributed by atoms with Crippen LogP contribution in [-0.4, -0.2) is 63.0 Å². The van der Waals surface area contributed by atoms with E-state index in [4.69, 9.17) is 4.74 Å². The Morgan fingerprint density at radius 3 is 2.46 bits per heavy atom. The van der Waals surface area contributed by atoms with Gasteiger partial charge in [0.25, 0.3) is 0 Å². The van der Waals surface area contributed by atoms with E-state index in [2.05, 4.69) is 24.5 Å². The van der Waals surface area contributed by atoms with E-state index < -0.39 is 33.4 Å². The molecule has 3 aliphatic rings. The smallest absolute Gasteiger partial charge is 0.244 e. The highest BCUT2D eigenvalue weighted by Gasteiger charge is 2.77. The summed E-state index contributed by atoms with van der Waals surface area (Å²) in [6.07, 6.45) is 4.29. The molecule has 3 fully saturated rings. The van der Waals surface area contributed by atoms with Crippen molar-refractivity contribution in [2.75, 3.05) is 25.1 Å². The molecule has 9 heteroatoms. The van der Waals surface area contributed by atoms with Crippen molar-refractivity contribution < 1.29 is 24.2 Å². The number of aliphatic hydroxyl groups excluding tert-OH is 1. The minimum atomic E-state index is -0.783. The second-order valence-corrected chi connectivity index (χ2v) is 13.4. The van der Waals surface area contributed by atoms with Crippen LogP contribution in [0.3, 0.4) is 0 Å². The van der Waals surface area contributed by atoms with Crippen LogP contribution in [0.15, 0.2) is 54.6 Å². The lowest BCUT2D eigenvalue weighted by molar-refractivity contribution is -0.142. The number of hydrogen-bond donors (Lipinski definition) is 3. The number of thioether (sulfide) groups is 1. The fourth-order valence-corrected chi connectivity index (χ4v) is 9.48. The fraction of sp³-hybridized carbons (Fsp3) is 0.531. The van der Waals surface area contributed by atoms with Crippen molar-refractivity contribution in [3.63, 3.8) is 0 Å². The summed E-state index contributed by atoms with van der Waals surface area (Å²) in [7, 11) is 0. The minimum Gasteiger partial charge on any atom is -0.494 e. The van der Waals surface area contributed by atoms with Gasteiger partial charge in [0.1, 0.15) is 11.8 Å². The summed E-state index contributed by atoms with van der Waals surface area (Å²) >= 11 is 1.63. The summed E-state index contributed by atoms with van der Waals surface area (Å²) in [5.41, 5.74) is 1.40. The Labute approximate surface area is 246 Å². The van der Waals surface area contributed by atoms with Gasteiger partial charge in [-0.2, -0.15) is 0 Å². The Kier molecular flexibility index (Phi) is 8.66. The molecule has 0 aliphatic carbocycles. The highest BCUT2D eigenvalue weighted by Crippen LogP contribution is 2.72. The standard InChI is InChI=1S/C32H41N3O5S/c1-4-6-10-19-33-29(38)27-32-18-17-31(3,41-32)25(28(37)34-22-13-15-23(16-14-22)40-5-2)26(32)30(39)35(27)24(20-36)21-11-8-7-9-12-21/h7-9,11-16,24-27,36H,4-6,10,17-20H2,1-3H3,(H,33,38)(H,34,37)/t24-,25+,26+,27?,31-,32?/m1/s1. The van der Waals surface area contributed by atoms with Crippen LogP contribution >= 0.6 is 11.8 Å². The third-order valence-corrected chi connectivity index (χ3v) is 10.9. The maximum Gasteiger partial charge on any atom is 0.244 e. The van der Waals surface area contributed by atoms with Gasteiger partial charge in [0, 0.05) is 17.0 Å². The monoisotopic (exact) mass is 579 g/mol. The molecule has 1 spiro atoms. The average molecular weight is 580 g/mol. The van der Waals surface area contributed by atoms with Gasteiger partial charge >= 0.3 is 0 Å². The van der Waals surface area contributed by atoms with Crippen LogP contribution in [0.25, 0.3) is 0 Å². The van der Waals surface area contributed by atoms with Gasteiger partial charge in [-0.3, -0.25) is 14.4 Å². The largest absolute Gasteiger partial charge is 0.494 e. The number of unbranched alkanes of at least 4 members (excludes halogenated alkanes) is 2. The van der Waals surface area contributed by atoms with Crippen LogP contribution in [0.2, 0.25) is 0 Å². The second kappa shape index (κ2) is 12.1. The van der Waals surface area contributed by atoms with E-state index in [1.165, 1.54) is 0 Å². The van der Waals surface area contributed by atoms with Crippen LogP contribution < -0.4 is 15.4 Å². The van der Waals surface area contributed by atoms with Crippen LogP contribution in [0.5, 0.6) is 5.75 Å². The van der Waals surface area contributed by atoms with Gasteiger partial charge in [-0.15, -0.1) is 11.8 Å². The zero-order valence-corrected chi connectivity index (χ0v) is 24.9. The topological polar surface area (TPSA) is 108 Å². The predicted octanol–water partition coefficient (Wildman–Crippen LogP) is 4.55. The van der Waals surface area contributed by atoms with Crippen molar-refractivity contribution in [1.29, 1.82) is 0 Å². The van der Waals surface area contributed by atoms with Gasteiger partial charge in [-0.1, -0.05) is 50.1 Å². The van der Waals surface area contributed by atoms with Crippen LogP contribution in [0, 0.1) is 11.8 Å². The van der Waals surface area contributed by atoms with Crippen LogP contribution in [-0.2, 0) is 14.4 Å². The molecule has 3 saturated heterocycles. The SMILES string of the molecule is CCCCCNC(=O)C1N([C@H](CO)c2ccccc2)C(=O)[C@@H]2[C@@H](C(=O)Nc3ccc(OCC)cc3)[C@@]3(C)CCC12S3. The molecule has 0 radical (unpaired) electrons. The Hall–Kier alpha value is -3.04. The van der Waals surface area contributed by atoms with E-state index in [9.17, 15) is 19.5 Å². The van der Waals surface area contributed by atoms with E-state index in [1.54, 1.807) is 28.8 Å². The first-order valence-corrected chi connectivity index (χ1v) is 15.6. The molecule has 220 valence electrons. The highest BCUT2D eigenvalue weighted by atomic mass is 32.2. The van der Waals surface area contributed by atoms with Crippen LogP contribution in [0.1, 0.15) is 64.5 Å². The van der Waals surface area contributed by atoms with Crippen molar-refractivity contribution in [1.82, 2.24) is 10.2 Å². The minimum absolute atomic E-state index is 0.198. The van der Waals surface area contributed by atoms with Gasteiger partial charge in [0.2, 0.25) is 17.7 Å². The van der Waals surface area contributed by atoms with Gasteiger partial charge in [-0.25, -0.2) is 0 Å². The van der Waals surface area contributed by atoms with Crippen molar-refractivity contribution >= 4 is 35.2 Å². The number of benzene rings is 2. The van der Waals surface area contributed by atoms with Gasteiger partial charge in [0.05, 0.1) is 35.8 Å². The van der Waals surface area contributed by atoms with Crippen molar-refractivity contribution in [3.05, 3.63) is 60.2 Å². The molecule has 2 aromatic carbocycles. The molecule has 3 heterocycles. The molecule has 0 saturated carbocycles. The molecule has 8 nitrogen and oxygen atoms in total. The number of likely N-dealkylation sites (tertiary alicyclic amines) is 1. The van der Waals surface area contributed by atoms with Crippen molar-refractivity contribution in [3.8, 4) is 5.75 Å². The zero-order valence-electron chi connectivity index (χ0n) is 24.1. The van der Waals surface area contributed by atoms with Crippen molar-refractivity contribution in [2.45, 2.75) is 74.5 Å². The van der Waals surface area contributed by atoms with E-state index in [0.29, 0.717) is 25.3 Å². The first-order chi connectivity index (χ1) is 19.8. The summed E-state index contributed by atoms with van der Waals surface area (Å²) in [5.74, 6) is -1.21. The van der Waals surface area contributed by atoms with E-state index in [1.807, 2.05) is 49.4 Å². The lowest BCUT2D eigenvalue weighted by atomic mass is 9.66. The lowest BCUT2D eigenvalue weighted by Crippen LogP contribution is -2.54. The Morgan fingerprint density at radius 2 is 1.80 bits per heavy atom. The second-order valence-electron chi connectivity index (χ2n) is 11.5. The number of anilines is 1. The molecule has 6 atom stereocenters. The number of amides is 3. The number of rotatable bonds is 12. The summed E-state index contributed by atoms with van der Waals surface area (Å²) < 4.78 is 4.30. The summed E-state index contributed by atoms with van der Waals surface area (Å²) in [6, 6.07) is 15.1. The maximum absolute atomic E-state index is 14.5.